The molecular weight excluding hydrogens is 374 g/mol. The van der Waals surface area contributed by atoms with Crippen LogP contribution in [0.15, 0.2) is 12.2 Å². The minimum Gasteiger partial charge on any atom is -0.481 e. The number of alkyl halides is 1. The number of unbranched alkanes of at least 4 members (excludes halogenated alkanes) is 1. The van der Waals surface area contributed by atoms with E-state index in [1.807, 2.05) is 0 Å². The molecular formula is C23H38ClNO3. The highest BCUT2D eigenvalue weighted by Crippen LogP contribution is 2.53. The molecule has 3 unspecified atom stereocenters. The highest BCUT2D eigenvalue weighted by molar-refractivity contribution is 6.21. The second-order valence-electron chi connectivity index (χ2n) is 9.42. The molecule has 3 atom stereocenters. The van der Waals surface area contributed by atoms with Crippen molar-refractivity contribution in [3.05, 3.63) is 12.2 Å². The normalized spacial score (nSPS) is 28.5. The van der Waals surface area contributed by atoms with Gasteiger partial charge in [0.1, 0.15) is 0 Å². The molecule has 1 heterocycles. The first kappa shape index (κ1) is 22.1. The zero-order valence-corrected chi connectivity index (χ0v) is 18.0. The Balaban J connectivity index is 1.36. The average Bonchev–Trinajstić information content (AvgIpc) is 3.38. The van der Waals surface area contributed by atoms with Gasteiger partial charge in [-0.05, 0) is 82.2 Å². The molecule has 3 fully saturated rings. The maximum Gasteiger partial charge on any atom is 0.303 e. The summed E-state index contributed by atoms with van der Waals surface area (Å²) in [6.45, 7) is 2.08. The molecule has 1 saturated heterocycles. The molecule has 0 aromatic heterocycles. The van der Waals surface area contributed by atoms with E-state index in [1.165, 1.54) is 38.5 Å². The van der Waals surface area contributed by atoms with Crippen LogP contribution in [0.5, 0.6) is 0 Å². The SMILES string of the molecule is O=C(O)CCC/C=C/CC1C(Cl)CCN1CCCC(O)C1(CC2CC2)CCC1. The van der Waals surface area contributed by atoms with Gasteiger partial charge in [0.2, 0.25) is 0 Å². The minimum atomic E-state index is -0.723. The van der Waals surface area contributed by atoms with Gasteiger partial charge in [-0.25, -0.2) is 0 Å². The molecule has 0 spiro atoms. The summed E-state index contributed by atoms with van der Waals surface area (Å²) in [4.78, 5) is 13.1. The molecule has 3 rings (SSSR count). The summed E-state index contributed by atoms with van der Waals surface area (Å²) < 4.78 is 0. The van der Waals surface area contributed by atoms with Gasteiger partial charge in [-0.2, -0.15) is 0 Å². The van der Waals surface area contributed by atoms with Gasteiger partial charge >= 0.3 is 5.97 Å². The second-order valence-corrected chi connectivity index (χ2v) is 9.98. The van der Waals surface area contributed by atoms with E-state index >= 15 is 0 Å². The van der Waals surface area contributed by atoms with Crippen LogP contribution in [0.1, 0.15) is 83.5 Å². The number of hydrogen-bond acceptors (Lipinski definition) is 3. The molecule has 3 aliphatic rings. The minimum absolute atomic E-state index is 0.121. The topological polar surface area (TPSA) is 60.8 Å². The molecule has 2 aliphatic carbocycles. The Bertz CT molecular complexity index is 530. The van der Waals surface area contributed by atoms with Gasteiger partial charge < -0.3 is 10.2 Å². The van der Waals surface area contributed by atoms with E-state index < -0.39 is 5.97 Å². The van der Waals surface area contributed by atoms with Crippen LogP contribution in [-0.4, -0.2) is 51.7 Å². The van der Waals surface area contributed by atoms with Crippen LogP contribution in [0.4, 0.5) is 0 Å². The quantitative estimate of drug-likeness (QED) is 0.255. The fraction of sp³-hybridized carbons (Fsp3) is 0.870. The summed E-state index contributed by atoms with van der Waals surface area (Å²) in [5.41, 5.74) is 0.249. The maximum atomic E-state index is 10.9. The molecule has 4 nitrogen and oxygen atoms in total. The lowest BCUT2D eigenvalue weighted by Crippen LogP contribution is -2.42. The number of nitrogens with zero attached hydrogens (tertiary/aromatic N) is 1. The maximum absolute atomic E-state index is 10.9. The van der Waals surface area contributed by atoms with E-state index in [-0.39, 0.29) is 23.3 Å². The Morgan fingerprint density at radius 1 is 1.21 bits per heavy atom. The van der Waals surface area contributed by atoms with E-state index in [2.05, 4.69) is 17.1 Å². The van der Waals surface area contributed by atoms with Crippen LogP contribution in [0, 0.1) is 11.3 Å². The summed E-state index contributed by atoms with van der Waals surface area (Å²) in [6, 6.07) is 0.374. The van der Waals surface area contributed by atoms with Crippen LogP contribution in [-0.2, 0) is 4.79 Å². The fourth-order valence-corrected chi connectivity index (χ4v) is 5.53. The first-order valence-electron chi connectivity index (χ1n) is 11.4. The summed E-state index contributed by atoms with van der Waals surface area (Å²) in [6.07, 6.45) is 17.6. The average molecular weight is 412 g/mol. The molecule has 0 aromatic rings. The zero-order valence-electron chi connectivity index (χ0n) is 17.2. The lowest BCUT2D eigenvalue weighted by molar-refractivity contribution is -0.137. The fourth-order valence-electron chi connectivity index (χ4n) is 5.17. The Hall–Kier alpha value is -0.580. The first-order chi connectivity index (χ1) is 13.5. The summed E-state index contributed by atoms with van der Waals surface area (Å²) in [5, 5.41) is 19.7. The zero-order chi connectivity index (χ0) is 20.0. The summed E-state index contributed by atoms with van der Waals surface area (Å²) in [5.74, 6) is 0.177. The number of hydrogen-bond donors (Lipinski definition) is 2. The van der Waals surface area contributed by atoms with Gasteiger partial charge in [-0.1, -0.05) is 31.4 Å². The Morgan fingerprint density at radius 2 is 2.00 bits per heavy atom. The van der Waals surface area contributed by atoms with Gasteiger partial charge in [0.15, 0.2) is 0 Å². The third-order valence-corrected chi connectivity index (χ3v) is 7.76. The van der Waals surface area contributed by atoms with Crippen molar-refractivity contribution in [2.75, 3.05) is 13.1 Å². The Kier molecular flexibility index (Phi) is 8.25. The van der Waals surface area contributed by atoms with E-state index in [9.17, 15) is 9.90 Å². The predicted octanol–water partition coefficient (Wildman–Crippen LogP) is 4.98. The van der Waals surface area contributed by atoms with E-state index in [1.54, 1.807) is 0 Å². The number of allylic oxidation sites excluding steroid dienone is 1. The summed E-state index contributed by atoms with van der Waals surface area (Å²) >= 11 is 6.56. The third kappa shape index (κ3) is 6.21. The lowest BCUT2D eigenvalue weighted by Gasteiger charge is -2.46. The van der Waals surface area contributed by atoms with Crippen molar-refractivity contribution >= 4 is 17.6 Å². The van der Waals surface area contributed by atoms with Crippen LogP contribution in [0.25, 0.3) is 0 Å². The Labute approximate surface area is 175 Å². The number of aliphatic carboxylic acids is 1. The Morgan fingerprint density at radius 3 is 2.64 bits per heavy atom. The highest BCUT2D eigenvalue weighted by Gasteiger charge is 2.46. The van der Waals surface area contributed by atoms with Gasteiger partial charge in [0, 0.05) is 12.5 Å². The molecule has 5 heteroatoms. The third-order valence-electron chi connectivity index (χ3n) is 7.26. The molecule has 0 radical (unpaired) electrons. The number of aliphatic hydroxyl groups excluding tert-OH is 1. The number of rotatable bonds is 13. The lowest BCUT2D eigenvalue weighted by atomic mass is 9.61. The van der Waals surface area contributed by atoms with Gasteiger partial charge in [0.25, 0.3) is 0 Å². The molecule has 28 heavy (non-hydrogen) atoms. The van der Waals surface area contributed by atoms with Crippen molar-refractivity contribution in [2.45, 2.75) is 101 Å². The van der Waals surface area contributed by atoms with Crippen LogP contribution < -0.4 is 0 Å². The van der Waals surface area contributed by atoms with Crippen molar-refractivity contribution in [3.63, 3.8) is 0 Å². The molecule has 0 bridgehead atoms. The largest absolute Gasteiger partial charge is 0.481 e. The smallest absolute Gasteiger partial charge is 0.303 e. The van der Waals surface area contributed by atoms with Crippen LogP contribution >= 0.6 is 11.6 Å². The number of aliphatic hydroxyl groups is 1. The number of likely N-dealkylation sites (tertiary alicyclic amines) is 1. The van der Waals surface area contributed by atoms with Gasteiger partial charge in [-0.15, -0.1) is 11.6 Å². The number of carboxylic acids is 1. The highest BCUT2D eigenvalue weighted by atomic mass is 35.5. The van der Waals surface area contributed by atoms with E-state index in [0.717, 1.165) is 51.1 Å². The van der Waals surface area contributed by atoms with Crippen molar-refractivity contribution < 1.29 is 15.0 Å². The molecule has 2 saturated carbocycles. The number of halogens is 1. The van der Waals surface area contributed by atoms with Crippen molar-refractivity contribution in [3.8, 4) is 0 Å². The molecule has 0 amide bonds. The molecule has 0 aromatic carbocycles. The standard InChI is InChI=1S/C23H38ClNO3/c24-19-12-16-25(20(19)7-3-1-2-4-9-22(27)28)15-5-8-21(26)23(13-6-14-23)17-18-10-11-18/h1,3,18-21,26H,2,4-17H2,(H,27,28)/b3-1+. The molecule has 160 valence electrons. The van der Waals surface area contributed by atoms with E-state index in [4.69, 9.17) is 16.7 Å². The molecule has 1 aliphatic heterocycles. The van der Waals surface area contributed by atoms with E-state index in [0.29, 0.717) is 12.5 Å². The van der Waals surface area contributed by atoms with Crippen LogP contribution in [0.2, 0.25) is 0 Å². The number of carboxylic acid groups (broad SMARTS) is 1. The first-order valence-corrected chi connectivity index (χ1v) is 11.9. The van der Waals surface area contributed by atoms with Crippen molar-refractivity contribution in [1.29, 1.82) is 0 Å². The second kappa shape index (κ2) is 10.4. The van der Waals surface area contributed by atoms with Crippen LogP contribution in [0.3, 0.4) is 0 Å². The monoisotopic (exact) mass is 411 g/mol. The molecule has 2 N–H and O–H groups in total. The summed E-state index contributed by atoms with van der Waals surface area (Å²) in [7, 11) is 0. The van der Waals surface area contributed by atoms with Crippen molar-refractivity contribution in [1.82, 2.24) is 4.90 Å². The predicted molar refractivity (Wildman–Crippen MR) is 114 cm³/mol. The van der Waals surface area contributed by atoms with Gasteiger partial charge in [0.05, 0.1) is 11.5 Å². The van der Waals surface area contributed by atoms with Crippen molar-refractivity contribution in [2.24, 2.45) is 11.3 Å². The van der Waals surface area contributed by atoms with Gasteiger partial charge in [-0.3, -0.25) is 9.69 Å². The number of carbonyl (C=O) groups is 1.